The quantitative estimate of drug-likeness (QED) is 0.921. The van der Waals surface area contributed by atoms with E-state index in [0.717, 1.165) is 31.4 Å². The standard InChI is InChI=1S/C13H13BrN2O3/c14-12-11-8(13(17)18)4-3-5-9(11)16(15-12)10-6-1-2-7-19-10/h3-5,10H,1-2,6-7H2,(H,17,18). The molecular formula is C13H13BrN2O3. The largest absolute Gasteiger partial charge is 0.478 e. The number of ether oxygens (including phenoxy) is 1. The Kier molecular flexibility index (Phi) is 3.28. The van der Waals surface area contributed by atoms with Crippen LogP contribution in [0.15, 0.2) is 22.8 Å². The maximum atomic E-state index is 11.3. The molecule has 100 valence electrons. The van der Waals surface area contributed by atoms with Gasteiger partial charge in [0.25, 0.3) is 0 Å². The molecule has 0 amide bonds. The number of rotatable bonds is 2. The highest BCUT2D eigenvalue weighted by Crippen LogP contribution is 2.32. The Morgan fingerprint density at radius 1 is 1.47 bits per heavy atom. The van der Waals surface area contributed by atoms with Crippen LogP contribution in [-0.4, -0.2) is 27.5 Å². The molecular weight excluding hydrogens is 312 g/mol. The molecule has 0 spiro atoms. The summed E-state index contributed by atoms with van der Waals surface area (Å²) in [5, 5.41) is 14.3. The molecule has 0 radical (unpaired) electrons. The minimum atomic E-state index is -0.949. The summed E-state index contributed by atoms with van der Waals surface area (Å²) in [6.45, 7) is 0.724. The van der Waals surface area contributed by atoms with Crippen molar-refractivity contribution >= 4 is 32.8 Å². The number of halogens is 1. The Balaban J connectivity index is 2.16. The molecule has 0 bridgehead atoms. The van der Waals surface area contributed by atoms with E-state index in [9.17, 15) is 9.90 Å². The van der Waals surface area contributed by atoms with Crippen LogP contribution in [0.25, 0.3) is 10.9 Å². The van der Waals surface area contributed by atoms with Crippen molar-refractivity contribution in [1.29, 1.82) is 0 Å². The molecule has 1 aliphatic heterocycles. The van der Waals surface area contributed by atoms with Crippen LogP contribution < -0.4 is 0 Å². The topological polar surface area (TPSA) is 64.3 Å². The van der Waals surface area contributed by atoms with Gasteiger partial charge in [-0.1, -0.05) is 6.07 Å². The van der Waals surface area contributed by atoms with Crippen molar-refractivity contribution in [2.45, 2.75) is 25.5 Å². The van der Waals surface area contributed by atoms with Gasteiger partial charge in [-0.3, -0.25) is 0 Å². The molecule has 2 heterocycles. The molecule has 1 unspecified atom stereocenters. The number of nitrogens with zero attached hydrogens (tertiary/aromatic N) is 2. The van der Waals surface area contributed by atoms with Gasteiger partial charge in [-0.25, -0.2) is 9.48 Å². The maximum Gasteiger partial charge on any atom is 0.336 e. The number of carbonyl (C=O) groups is 1. The smallest absolute Gasteiger partial charge is 0.336 e. The summed E-state index contributed by atoms with van der Waals surface area (Å²) in [6.07, 6.45) is 2.96. The number of fused-ring (bicyclic) bond motifs is 1. The molecule has 0 aliphatic carbocycles. The number of hydrogen-bond donors (Lipinski definition) is 1. The second-order valence-corrected chi connectivity index (χ2v) is 5.31. The van der Waals surface area contributed by atoms with E-state index in [1.165, 1.54) is 0 Å². The lowest BCUT2D eigenvalue weighted by atomic mass is 10.1. The normalized spacial score (nSPS) is 19.7. The first-order valence-electron chi connectivity index (χ1n) is 6.20. The average molecular weight is 325 g/mol. The fraction of sp³-hybridized carbons (Fsp3) is 0.385. The summed E-state index contributed by atoms with van der Waals surface area (Å²) in [5.41, 5.74) is 1.05. The number of benzene rings is 1. The van der Waals surface area contributed by atoms with Crippen molar-refractivity contribution in [3.8, 4) is 0 Å². The SMILES string of the molecule is O=C(O)c1cccc2c1c(Br)nn2C1CCCCO1. The molecule has 3 rings (SSSR count). The van der Waals surface area contributed by atoms with Gasteiger partial charge in [-0.15, -0.1) is 0 Å². The highest BCUT2D eigenvalue weighted by molar-refractivity contribution is 9.10. The molecule has 1 N–H and O–H groups in total. The summed E-state index contributed by atoms with van der Waals surface area (Å²) in [5.74, 6) is -0.949. The average Bonchev–Trinajstić information content (AvgIpc) is 2.77. The molecule has 19 heavy (non-hydrogen) atoms. The third-order valence-electron chi connectivity index (χ3n) is 3.35. The van der Waals surface area contributed by atoms with Crippen LogP contribution in [-0.2, 0) is 4.74 Å². The van der Waals surface area contributed by atoms with Gasteiger partial charge >= 0.3 is 5.97 Å². The number of aromatic nitrogens is 2. The first-order chi connectivity index (χ1) is 9.18. The van der Waals surface area contributed by atoms with Crippen LogP contribution >= 0.6 is 15.9 Å². The van der Waals surface area contributed by atoms with Crippen molar-refractivity contribution in [2.24, 2.45) is 0 Å². The van der Waals surface area contributed by atoms with Crippen LogP contribution in [0, 0.1) is 0 Å². The predicted molar refractivity (Wildman–Crippen MR) is 73.2 cm³/mol. The Labute approximate surface area is 118 Å². The fourth-order valence-corrected chi connectivity index (χ4v) is 3.05. The van der Waals surface area contributed by atoms with Gasteiger partial charge in [0.2, 0.25) is 0 Å². The third-order valence-corrected chi connectivity index (χ3v) is 3.91. The number of carboxylic acid groups (broad SMARTS) is 1. The molecule has 5 nitrogen and oxygen atoms in total. The predicted octanol–water partition coefficient (Wildman–Crippen LogP) is 3.20. The van der Waals surface area contributed by atoms with Gasteiger partial charge in [-0.2, -0.15) is 5.10 Å². The summed E-state index contributed by atoms with van der Waals surface area (Å²) in [4.78, 5) is 11.3. The van der Waals surface area contributed by atoms with Gasteiger partial charge < -0.3 is 9.84 Å². The van der Waals surface area contributed by atoms with Gasteiger partial charge in [0.15, 0.2) is 6.23 Å². The number of carboxylic acids is 1. The second kappa shape index (κ2) is 4.94. The number of aromatic carboxylic acids is 1. The lowest BCUT2D eigenvalue weighted by Crippen LogP contribution is -2.19. The Morgan fingerprint density at radius 3 is 3.00 bits per heavy atom. The first kappa shape index (κ1) is 12.6. The molecule has 6 heteroatoms. The summed E-state index contributed by atoms with van der Waals surface area (Å²) < 4.78 is 8.05. The molecule has 1 aromatic heterocycles. The molecule has 1 atom stereocenters. The van der Waals surface area contributed by atoms with Gasteiger partial charge in [-0.05, 0) is 47.3 Å². The van der Waals surface area contributed by atoms with E-state index in [2.05, 4.69) is 21.0 Å². The molecule has 1 fully saturated rings. The second-order valence-electron chi connectivity index (χ2n) is 4.56. The van der Waals surface area contributed by atoms with Crippen molar-refractivity contribution < 1.29 is 14.6 Å². The molecule has 1 saturated heterocycles. The van der Waals surface area contributed by atoms with E-state index in [1.54, 1.807) is 16.8 Å². The summed E-state index contributed by atoms with van der Waals surface area (Å²) in [7, 11) is 0. The Bertz CT molecular complexity index is 632. The van der Waals surface area contributed by atoms with E-state index in [-0.39, 0.29) is 11.8 Å². The van der Waals surface area contributed by atoms with Crippen LogP contribution in [0.2, 0.25) is 0 Å². The van der Waals surface area contributed by atoms with Crippen LogP contribution in [0.4, 0.5) is 0 Å². The minimum Gasteiger partial charge on any atom is -0.478 e. The lowest BCUT2D eigenvalue weighted by Gasteiger charge is -2.23. The van der Waals surface area contributed by atoms with E-state index in [4.69, 9.17) is 4.74 Å². The van der Waals surface area contributed by atoms with E-state index < -0.39 is 5.97 Å². The Hall–Kier alpha value is -1.40. The molecule has 0 saturated carbocycles. The van der Waals surface area contributed by atoms with E-state index in [1.807, 2.05) is 6.07 Å². The molecule has 2 aromatic rings. The van der Waals surface area contributed by atoms with Crippen molar-refractivity contribution in [3.63, 3.8) is 0 Å². The van der Waals surface area contributed by atoms with Crippen LogP contribution in [0.1, 0.15) is 35.8 Å². The first-order valence-corrected chi connectivity index (χ1v) is 6.99. The highest BCUT2D eigenvalue weighted by atomic mass is 79.9. The fourth-order valence-electron chi connectivity index (χ4n) is 2.46. The van der Waals surface area contributed by atoms with Crippen molar-refractivity contribution in [1.82, 2.24) is 9.78 Å². The zero-order chi connectivity index (χ0) is 13.4. The van der Waals surface area contributed by atoms with Gasteiger partial charge in [0.05, 0.1) is 11.1 Å². The molecule has 1 aromatic carbocycles. The molecule has 1 aliphatic rings. The number of hydrogen-bond acceptors (Lipinski definition) is 3. The van der Waals surface area contributed by atoms with Gasteiger partial charge in [0.1, 0.15) is 4.60 Å². The third kappa shape index (κ3) is 2.15. The minimum absolute atomic E-state index is 0.105. The summed E-state index contributed by atoms with van der Waals surface area (Å²) in [6, 6.07) is 5.19. The lowest BCUT2D eigenvalue weighted by molar-refractivity contribution is -0.0368. The zero-order valence-corrected chi connectivity index (χ0v) is 11.8. The van der Waals surface area contributed by atoms with Crippen LogP contribution in [0.3, 0.4) is 0 Å². The Morgan fingerprint density at radius 2 is 2.32 bits per heavy atom. The maximum absolute atomic E-state index is 11.3. The van der Waals surface area contributed by atoms with Crippen LogP contribution in [0.5, 0.6) is 0 Å². The van der Waals surface area contributed by atoms with Gasteiger partial charge in [0, 0.05) is 12.0 Å². The van der Waals surface area contributed by atoms with E-state index in [0.29, 0.717) is 9.99 Å². The van der Waals surface area contributed by atoms with Crippen molar-refractivity contribution in [2.75, 3.05) is 6.61 Å². The summed E-state index contributed by atoms with van der Waals surface area (Å²) >= 11 is 3.35. The highest BCUT2D eigenvalue weighted by Gasteiger charge is 2.22. The van der Waals surface area contributed by atoms with Crippen molar-refractivity contribution in [3.05, 3.63) is 28.4 Å². The monoisotopic (exact) mass is 324 g/mol. The van der Waals surface area contributed by atoms with E-state index >= 15 is 0 Å². The zero-order valence-electron chi connectivity index (χ0n) is 10.2.